The van der Waals surface area contributed by atoms with Gasteiger partial charge in [-0.25, -0.2) is 0 Å². The number of nitro benzene ring substituents is 1. The Hall–Kier alpha value is -0.497. The molecule has 0 aromatic heterocycles. The molecule has 10 heavy (non-hydrogen) atoms. The average Bonchev–Trinajstić information content (AvgIpc) is 1.90. The van der Waals surface area contributed by atoms with Crippen molar-refractivity contribution in [2.45, 2.75) is 0 Å². The third-order valence-electron chi connectivity index (χ3n) is 0.901. The van der Waals surface area contributed by atoms with Gasteiger partial charge in [0.2, 0.25) is 0 Å². The van der Waals surface area contributed by atoms with Crippen LogP contribution in [0, 0.1) is 16.2 Å². The minimum atomic E-state index is -0.448. The standard InChI is InChI=1S/C6H4NO2.Bi.3H/c8-7(9)6-4-2-1-3-5-6;;;;/h1-2,4-5H;;;;. The summed E-state index contributed by atoms with van der Waals surface area (Å²) in [5.41, 5.74) is 0.0810. The summed E-state index contributed by atoms with van der Waals surface area (Å²) in [5.74, 6) is 0. The third kappa shape index (κ3) is 2.40. The number of hydrogen-bond donors (Lipinski definition) is 0. The molecule has 0 aliphatic heterocycles. The third-order valence-corrected chi connectivity index (χ3v) is 0.901. The number of hydrogen-bond acceptors (Lipinski definition) is 2. The second kappa shape index (κ2) is 4.34. The number of rotatable bonds is 1. The van der Waals surface area contributed by atoms with Gasteiger partial charge in [0.25, 0.3) is 5.69 Å². The van der Waals surface area contributed by atoms with Crippen molar-refractivity contribution >= 4 is 31.9 Å². The maximum atomic E-state index is 9.99. The molecule has 0 heterocycles. The van der Waals surface area contributed by atoms with Crippen molar-refractivity contribution < 1.29 is 4.92 Å². The molecule has 1 rings (SSSR count). The van der Waals surface area contributed by atoms with Crippen molar-refractivity contribution in [2.75, 3.05) is 0 Å². The van der Waals surface area contributed by atoms with Gasteiger partial charge in [-0.15, -0.1) is 0 Å². The van der Waals surface area contributed by atoms with Crippen LogP contribution in [0.15, 0.2) is 24.3 Å². The van der Waals surface area contributed by atoms with Crippen LogP contribution in [0.2, 0.25) is 0 Å². The predicted molar refractivity (Wildman–Crippen MR) is 41.9 cm³/mol. The van der Waals surface area contributed by atoms with Gasteiger partial charge in [-0.3, -0.25) is 10.1 Å². The van der Waals surface area contributed by atoms with E-state index in [2.05, 4.69) is 6.07 Å². The van der Waals surface area contributed by atoms with E-state index in [-0.39, 0.29) is 31.9 Å². The molecule has 0 atom stereocenters. The predicted octanol–water partition coefficient (Wildman–Crippen LogP) is 0.211. The van der Waals surface area contributed by atoms with Gasteiger partial charge in [0.05, 0.1) is 4.92 Å². The molecule has 1 aromatic rings. The summed E-state index contributed by atoms with van der Waals surface area (Å²) in [6.45, 7) is 0. The van der Waals surface area contributed by atoms with Gasteiger partial charge in [-0.05, 0) is 6.07 Å². The monoisotopic (exact) mass is 334 g/mol. The quantitative estimate of drug-likeness (QED) is 0.419. The second-order valence-corrected chi connectivity index (χ2v) is 1.52. The molecule has 0 amide bonds. The SMILES string of the molecule is O=[N+]([O-])c1c[c]ccc1.[BiH3]. The van der Waals surface area contributed by atoms with Crippen molar-refractivity contribution in [3.63, 3.8) is 0 Å². The Balaban J connectivity index is 0.000000810. The molecule has 0 unspecified atom stereocenters. The zero-order chi connectivity index (χ0) is 6.69. The summed E-state index contributed by atoms with van der Waals surface area (Å²) in [5, 5.41) is 9.99. The molecule has 0 aliphatic carbocycles. The molecule has 0 N–H and O–H groups in total. The van der Waals surface area contributed by atoms with E-state index in [1.807, 2.05) is 0 Å². The molecule has 0 saturated heterocycles. The van der Waals surface area contributed by atoms with Crippen LogP contribution in [0.1, 0.15) is 0 Å². The van der Waals surface area contributed by atoms with Crippen LogP contribution in [-0.4, -0.2) is 31.1 Å². The fourth-order valence-electron chi connectivity index (χ4n) is 0.497. The van der Waals surface area contributed by atoms with Gasteiger partial charge in [-0.1, -0.05) is 12.1 Å². The van der Waals surface area contributed by atoms with Crippen molar-refractivity contribution in [3.05, 3.63) is 40.4 Å². The Labute approximate surface area is 77.3 Å². The molecular weight excluding hydrogens is 327 g/mol. The van der Waals surface area contributed by atoms with E-state index in [9.17, 15) is 10.1 Å². The van der Waals surface area contributed by atoms with Crippen LogP contribution < -0.4 is 0 Å². The van der Waals surface area contributed by atoms with Crippen LogP contribution in [0.4, 0.5) is 5.69 Å². The summed E-state index contributed by atoms with van der Waals surface area (Å²) in [6, 6.07) is 8.56. The normalized spacial score (nSPS) is 8.00. The van der Waals surface area contributed by atoms with Gasteiger partial charge in [0, 0.05) is 12.1 Å². The molecule has 0 aliphatic rings. The van der Waals surface area contributed by atoms with E-state index in [0.717, 1.165) is 0 Å². The molecule has 1 radical (unpaired) electrons. The van der Waals surface area contributed by atoms with Crippen LogP contribution >= 0.6 is 0 Å². The van der Waals surface area contributed by atoms with Crippen LogP contribution in [0.5, 0.6) is 0 Å². The first-order valence-corrected chi connectivity index (χ1v) is 2.41. The van der Waals surface area contributed by atoms with Gasteiger partial charge < -0.3 is 0 Å². The Morgan fingerprint density at radius 2 is 2.30 bits per heavy atom. The van der Waals surface area contributed by atoms with Gasteiger partial charge in [-0.2, -0.15) is 0 Å². The fourth-order valence-corrected chi connectivity index (χ4v) is 0.497. The Morgan fingerprint density at radius 1 is 1.60 bits per heavy atom. The molecular formula is C6H7BiNO2. The number of nitrogens with zero attached hydrogens (tertiary/aromatic N) is 1. The fraction of sp³-hybridized carbons (Fsp3) is 0. The summed E-state index contributed by atoms with van der Waals surface area (Å²) >= 11 is 0. The van der Waals surface area contributed by atoms with Crippen molar-refractivity contribution in [1.82, 2.24) is 0 Å². The Bertz CT molecular complexity index is 212. The molecule has 0 saturated carbocycles. The van der Waals surface area contributed by atoms with Gasteiger partial charge in [0.15, 0.2) is 0 Å². The van der Waals surface area contributed by atoms with E-state index in [1.165, 1.54) is 12.1 Å². The number of nitro groups is 1. The Kier molecular flexibility index (Phi) is 4.12. The zero-order valence-electron chi connectivity index (χ0n) is 5.28. The Morgan fingerprint density at radius 3 is 2.60 bits per heavy atom. The van der Waals surface area contributed by atoms with Crippen LogP contribution in [0.25, 0.3) is 0 Å². The molecule has 0 bridgehead atoms. The first kappa shape index (κ1) is 9.50. The van der Waals surface area contributed by atoms with Crippen LogP contribution in [0.3, 0.4) is 0 Å². The molecule has 0 spiro atoms. The average molecular weight is 334 g/mol. The topological polar surface area (TPSA) is 43.1 Å². The van der Waals surface area contributed by atoms with Crippen molar-refractivity contribution in [1.29, 1.82) is 0 Å². The van der Waals surface area contributed by atoms with Crippen molar-refractivity contribution in [3.8, 4) is 0 Å². The van der Waals surface area contributed by atoms with E-state index >= 15 is 0 Å². The molecule has 0 fully saturated rings. The minimum absolute atomic E-state index is 0. The summed E-state index contributed by atoms with van der Waals surface area (Å²) in [4.78, 5) is 9.54. The number of non-ortho nitro benzene ring substituents is 1. The molecule has 3 nitrogen and oxygen atoms in total. The summed E-state index contributed by atoms with van der Waals surface area (Å²) in [6.07, 6.45) is 0. The van der Waals surface area contributed by atoms with Crippen molar-refractivity contribution in [2.24, 2.45) is 0 Å². The second-order valence-electron chi connectivity index (χ2n) is 1.52. The van der Waals surface area contributed by atoms with Gasteiger partial charge in [0.1, 0.15) is 0 Å². The van der Waals surface area contributed by atoms with Gasteiger partial charge >= 0.3 is 26.2 Å². The zero-order valence-corrected chi connectivity index (χ0v) is 10.8. The molecule has 4 heteroatoms. The van der Waals surface area contributed by atoms with E-state index in [0.29, 0.717) is 0 Å². The maximum absolute atomic E-state index is 9.99. The first-order valence-electron chi connectivity index (χ1n) is 2.41. The summed E-state index contributed by atoms with van der Waals surface area (Å²) in [7, 11) is 0. The van der Waals surface area contributed by atoms with E-state index < -0.39 is 4.92 Å². The summed E-state index contributed by atoms with van der Waals surface area (Å²) < 4.78 is 0. The molecule has 1 aromatic carbocycles. The van der Waals surface area contributed by atoms with Crippen LogP contribution in [-0.2, 0) is 0 Å². The van der Waals surface area contributed by atoms with E-state index in [4.69, 9.17) is 0 Å². The van der Waals surface area contributed by atoms with E-state index in [1.54, 1.807) is 12.1 Å². The number of benzene rings is 1. The molecule has 53 valence electrons. The first-order chi connectivity index (χ1) is 4.30.